The number of anilines is 1. The number of halogens is 2. The Labute approximate surface area is 227 Å². The summed E-state index contributed by atoms with van der Waals surface area (Å²) in [6.07, 6.45) is 0. The molecular formula is C28H19Cl2N3OS2. The van der Waals surface area contributed by atoms with Gasteiger partial charge in [0.25, 0.3) is 0 Å². The third-order valence-corrected chi connectivity index (χ3v) is 7.49. The quantitative estimate of drug-likeness (QED) is 0.219. The molecule has 1 aromatic heterocycles. The minimum absolute atomic E-state index is 0.135. The Morgan fingerprint density at radius 3 is 2.08 bits per heavy atom. The van der Waals surface area contributed by atoms with E-state index < -0.39 is 5.92 Å². The molecule has 0 saturated carbocycles. The Bertz CT molecular complexity index is 1480. The zero-order chi connectivity index (χ0) is 25.1. The lowest BCUT2D eigenvalue weighted by Gasteiger charge is -2.19. The first kappa shape index (κ1) is 24.4. The van der Waals surface area contributed by atoms with Crippen molar-refractivity contribution in [2.45, 2.75) is 5.92 Å². The average molecular weight is 549 g/mol. The van der Waals surface area contributed by atoms with Crippen molar-refractivity contribution in [2.75, 3.05) is 5.32 Å². The van der Waals surface area contributed by atoms with E-state index in [0.29, 0.717) is 15.7 Å². The summed E-state index contributed by atoms with van der Waals surface area (Å²) in [6.45, 7) is 0. The number of thiazole rings is 1. The third kappa shape index (κ3) is 5.27. The number of hydrogen-bond donors (Lipinski definition) is 2. The first-order valence-electron chi connectivity index (χ1n) is 11.1. The number of benzene rings is 4. The Balaban J connectivity index is 1.39. The zero-order valence-corrected chi connectivity index (χ0v) is 21.9. The maximum atomic E-state index is 13.4. The summed E-state index contributed by atoms with van der Waals surface area (Å²) in [5.74, 6) is -0.771. The highest BCUT2D eigenvalue weighted by Gasteiger charge is 2.24. The monoisotopic (exact) mass is 547 g/mol. The number of amides is 1. The van der Waals surface area contributed by atoms with Crippen LogP contribution in [-0.4, -0.2) is 16.0 Å². The predicted octanol–water partition coefficient (Wildman–Crippen LogP) is 7.92. The van der Waals surface area contributed by atoms with E-state index in [2.05, 4.69) is 10.6 Å². The van der Waals surface area contributed by atoms with Crippen LogP contribution in [0.15, 0.2) is 97.1 Å². The Morgan fingerprint density at radius 1 is 0.833 bits per heavy atom. The van der Waals surface area contributed by atoms with E-state index in [0.717, 1.165) is 31.9 Å². The molecule has 0 fully saturated rings. The van der Waals surface area contributed by atoms with Gasteiger partial charge in [0.2, 0.25) is 5.91 Å². The second-order valence-electron chi connectivity index (χ2n) is 8.00. The van der Waals surface area contributed by atoms with Gasteiger partial charge in [0.15, 0.2) is 5.11 Å². The van der Waals surface area contributed by atoms with Crippen LogP contribution in [0.25, 0.3) is 20.8 Å². The Kier molecular flexibility index (Phi) is 7.30. The minimum atomic E-state index is -0.522. The number of carbonyl (C=O) groups excluding carboxylic acids is 1. The molecule has 0 aliphatic carbocycles. The average Bonchev–Trinajstić information content (AvgIpc) is 3.31. The van der Waals surface area contributed by atoms with E-state index in [1.165, 1.54) is 11.3 Å². The van der Waals surface area contributed by atoms with Crippen LogP contribution >= 0.6 is 46.8 Å². The lowest BCUT2D eigenvalue weighted by Crippen LogP contribution is -2.38. The summed E-state index contributed by atoms with van der Waals surface area (Å²) in [5.41, 5.74) is 3.88. The van der Waals surface area contributed by atoms with Gasteiger partial charge in [-0.15, -0.1) is 11.3 Å². The fourth-order valence-corrected chi connectivity index (χ4v) is 5.70. The molecule has 36 heavy (non-hydrogen) atoms. The van der Waals surface area contributed by atoms with E-state index >= 15 is 0 Å². The second-order valence-corrected chi connectivity index (χ2v) is 10.2. The molecule has 2 N–H and O–H groups in total. The van der Waals surface area contributed by atoms with Gasteiger partial charge >= 0.3 is 0 Å². The normalized spacial score (nSPS) is 11.0. The van der Waals surface area contributed by atoms with Crippen molar-refractivity contribution in [3.63, 3.8) is 0 Å². The van der Waals surface area contributed by atoms with Crippen LogP contribution in [0.1, 0.15) is 17.0 Å². The van der Waals surface area contributed by atoms with Gasteiger partial charge in [-0.05, 0) is 47.6 Å². The lowest BCUT2D eigenvalue weighted by atomic mass is 9.90. The van der Waals surface area contributed by atoms with Crippen LogP contribution in [-0.2, 0) is 4.79 Å². The van der Waals surface area contributed by atoms with E-state index in [9.17, 15) is 4.79 Å². The molecule has 178 valence electrons. The number of para-hydroxylation sites is 1. The van der Waals surface area contributed by atoms with E-state index in [1.54, 1.807) is 12.1 Å². The van der Waals surface area contributed by atoms with Gasteiger partial charge < -0.3 is 10.6 Å². The zero-order valence-electron chi connectivity index (χ0n) is 18.7. The molecule has 0 saturated heterocycles. The maximum Gasteiger partial charge on any atom is 0.238 e. The maximum absolute atomic E-state index is 13.4. The fraction of sp³-hybridized carbons (Fsp3) is 0.0357. The molecule has 0 spiro atoms. The number of nitrogens with zero attached hydrogens (tertiary/aromatic N) is 1. The molecule has 0 aliphatic heterocycles. The van der Waals surface area contributed by atoms with Crippen LogP contribution < -0.4 is 10.6 Å². The van der Waals surface area contributed by atoms with Crippen LogP contribution in [0.2, 0.25) is 10.0 Å². The van der Waals surface area contributed by atoms with Gasteiger partial charge in [-0.3, -0.25) is 4.79 Å². The molecule has 1 amide bonds. The minimum Gasteiger partial charge on any atom is -0.331 e. The standard InChI is InChI=1S/C28H19Cl2N3OS2/c29-20-16-21(30)23(15-19(20)27-31-22-13-7-8-14-24(22)36-27)32-28(35)33-26(34)25(17-9-3-1-4-10-17)18-11-5-2-6-12-18/h1-16,25H,(H2,32,33,34,35). The fourth-order valence-electron chi connectivity index (χ4n) is 3.92. The van der Waals surface area contributed by atoms with Crippen molar-refractivity contribution >= 4 is 73.7 Å². The van der Waals surface area contributed by atoms with Gasteiger partial charge in [-0.2, -0.15) is 0 Å². The summed E-state index contributed by atoms with van der Waals surface area (Å²) in [4.78, 5) is 18.1. The molecule has 5 rings (SSSR count). The van der Waals surface area contributed by atoms with E-state index in [-0.39, 0.29) is 11.0 Å². The van der Waals surface area contributed by atoms with Gasteiger partial charge in [0, 0.05) is 5.56 Å². The SMILES string of the molecule is O=C(NC(=S)Nc1cc(-c2nc3ccccc3s2)c(Cl)cc1Cl)C(c1ccccc1)c1ccccc1. The smallest absolute Gasteiger partial charge is 0.238 e. The number of nitrogens with one attached hydrogen (secondary N) is 2. The van der Waals surface area contributed by atoms with Crippen LogP contribution in [0.4, 0.5) is 5.69 Å². The molecule has 8 heteroatoms. The molecule has 0 atom stereocenters. The summed E-state index contributed by atoms with van der Waals surface area (Å²) >= 11 is 20.0. The summed E-state index contributed by atoms with van der Waals surface area (Å²) in [7, 11) is 0. The van der Waals surface area contributed by atoms with E-state index in [4.69, 9.17) is 40.4 Å². The molecule has 0 bridgehead atoms. The number of thiocarbonyl (C=S) groups is 1. The Hall–Kier alpha value is -3.29. The van der Waals surface area contributed by atoms with Crippen molar-refractivity contribution in [2.24, 2.45) is 0 Å². The highest BCUT2D eigenvalue weighted by molar-refractivity contribution is 7.80. The summed E-state index contributed by atoms with van der Waals surface area (Å²) in [6, 6.07) is 30.5. The van der Waals surface area contributed by atoms with E-state index in [1.807, 2.05) is 84.9 Å². The van der Waals surface area contributed by atoms with Crippen LogP contribution in [0.5, 0.6) is 0 Å². The highest BCUT2D eigenvalue weighted by atomic mass is 35.5. The van der Waals surface area contributed by atoms with Crippen LogP contribution in [0.3, 0.4) is 0 Å². The van der Waals surface area contributed by atoms with Gasteiger partial charge in [-0.25, -0.2) is 4.98 Å². The van der Waals surface area contributed by atoms with Crippen molar-refractivity contribution in [1.82, 2.24) is 10.3 Å². The number of carbonyl (C=O) groups is 1. The number of fused-ring (bicyclic) bond motifs is 1. The molecule has 0 unspecified atom stereocenters. The lowest BCUT2D eigenvalue weighted by molar-refractivity contribution is -0.120. The topological polar surface area (TPSA) is 54.0 Å². The molecule has 1 heterocycles. The third-order valence-electron chi connectivity index (χ3n) is 5.59. The largest absolute Gasteiger partial charge is 0.331 e. The van der Waals surface area contributed by atoms with Crippen molar-refractivity contribution in [3.05, 3.63) is 118 Å². The summed E-state index contributed by atoms with van der Waals surface area (Å²) in [5, 5.41) is 7.64. The number of rotatable bonds is 5. The van der Waals surface area contributed by atoms with Gasteiger partial charge in [0.05, 0.1) is 31.9 Å². The predicted molar refractivity (Wildman–Crippen MR) is 154 cm³/mol. The molecular weight excluding hydrogens is 529 g/mol. The molecule has 0 radical (unpaired) electrons. The number of aromatic nitrogens is 1. The van der Waals surface area contributed by atoms with Gasteiger partial charge in [0.1, 0.15) is 5.01 Å². The number of hydrogen-bond acceptors (Lipinski definition) is 4. The van der Waals surface area contributed by atoms with Crippen molar-refractivity contribution < 1.29 is 4.79 Å². The molecule has 4 aromatic carbocycles. The molecule has 4 nitrogen and oxygen atoms in total. The first-order valence-corrected chi connectivity index (χ1v) is 13.0. The second kappa shape index (κ2) is 10.8. The molecule has 0 aliphatic rings. The molecule has 5 aromatic rings. The van der Waals surface area contributed by atoms with Crippen LogP contribution in [0, 0.1) is 0 Å². The Morgan fingerprint density at radius 2 is 1.44 bits per heavy atom. The first-order chi connectivity index (χ1) is 17.5. The highest BCUT2D eigenvalue weighted by Crippen LogP contribution is 2.39. The van der Waals surface area contributed by atoms with Crippen molar-refractivity contribution in [1.29, 1.82) is 0 Å². The van der Waals surface area contributed by atoms with Gasteiger partial charge in [-0.1, -0.05) is 96.0 Å². The summed E-state index contributed by atoms with van der Waals surface area (Å²) < 4.78 is 1.06. The van der Waals surface area contributed by atoms with Crippen molar-refractivity contribution in [3.8, 4) is 10.6 Å².